The van der Waals surface area contributed by atoms with Crippen molar-refractivity contribution in [2.75, 3.05) is 18.1 Å². The minimum absolute atomic E-state index is 0.186. The Morgan fingerprint density at radius 1 is 1.35 bits per heavy atom. The average molecular weight is 297 g/mol. The molecule has 1 rings (SSSR count). The molecular weight excluding hydrogens is 278 g/mol. The second-order valence-electron chi connectivity index (χ2n) is 4.05. The maximum atomic E-state index is 11.7. The molecule has 0 radical (unpaired) electrons. The number of rotatable bonds is 9. The number of aliphatic carboxylic acids is 1. The highest BCUT2D eigenvalue weighted by Crippen LogP contribution is 2.08. The highest BCUT2D eigenvalue weighted by Gasteiger charge is 2.19. The molecule has 6 heteroatoms. The third-order valence-corrected chi connectivity index (χ3v) is 3.43. The standard InChI is InChI=1S/C14H19NO4S/c1-2-20-9-8-12(14(17)18)15-13(16)10-19-11-6-4-3-5-7-11/h3-7,12H,2,8-10H2,1H3,(H,15,16)(H,17,18). The number of benzene rings is 1. The van der Waals surface area contributed by atoms with Crippen LogP contribution in [-0.2, 0) is 9.59 Å². The molecule has 0 aliphatic heterocycles. The van der Waals surface area contributed by atoms with Gasteiger partial charge in [-0.25, -0.2) is 4.79 Å². The van der Waals surface area contributed by atoms with Crippen molar-refractivity contribution in [2.24, 2.45) is 0 Å². The van der Waals surface area contributed by atoms with E-state index in [9.17, 15) is 9.59 Å². The van der Waals surface area contributed by atoms with Crippen LogP contribution >= 0.6 is 11.8 Å². The molecule has 0 aliphatic rings. The van der Waals surface area contributed by atoms with Crippen molar-refractivity contribution in [1.29, 1.82) is 0 Å². The lowest BCUT2D eigenvalue weighted by molar-refractivity contribution is -0.142. The Balaban J connectivity index is 2.36. The second kappa shape index (κ2) is 9.25. The monoisotopic (exact) mass is 297 g/mol. The number of nitrogens with one attached hydrogen (secondary N) is 1. The summed E-state index contributed by atoms with van der Waals surface area (Å²) in [4.78, 5) is 22.7. The molecule has 1 atom stereocenters. The average Bonchev–Trinajstić information content (AvgIpc) is 2.45. The predicted molar refractivity (Wildman–Crippen MR) is 79.1 cm³/mol. The van der Waals surface area contributed by atoms with Gasteiger partial charge in [0.05, 0.1) is 0 Å². The molecule has 2 N–H and O–H groups in total. The van der Waals surface area contributed by atoms with Gasteiger partial charge in [0.2, 0.25) is 0 Å². The molecule has 1 amide bonds. The summed E-state index contributed by atoms with van der Waals surface area (Å²) in [5.74, 6) is 0.763. The fourth-order valence-corrected chi connectivity index (χ4v) is 2.20. The van der Waals surface area contributed by atoms with Crippen molar-refractivity contribution in [3.8, 4) is 5.75 Å². The number of carbonyl (C=O) groups excluding carboxylic acids is 1. The predicted octanol–water partition coefficient (Wildman–Crippen LogP) is 1.78. The number of para-hydroxylation sites is 1. The number of ether oxygens (including phenoxy) is 1. The normalized spacial score (nSPS) is 11.7. The zero-order valence-electron chi connectivity index (χ0n) is 11.4. The van der Waals surface area contributed by atoms with Crippen LogP contribution in [0.5, 0.6) is 5.75 Å². The number of carbonyl (C=O) groups is 2. The highest BCUT2D eigenvalue weighted by atomic mass is 32.2. The molecule has 1 aromatic carbocycles. The van der Waals surface area contributed by atoms with Gasteiger partial charge in [-0.05, 0) is 30.1 Å². The molecule has 0 aliphatic carbocycles. The molecule has 0 bridgehead atoms. The minimum Gasteiger partial charge on any atom is -0.484 e. The molecule has 5 nitrogen and oxygen atoms in total. The summed E-state index contributed by atoms with van der Waals surface area (Å²) in [6.07, 6.45) is 0.408. The molecule has 0 fully saturated rings. The number of thioether (sulfide) groups is 1. The quantitative estimate of drug-likeness (QED) is 0.680. The Kier molecular flexibility index (Phi) is 7.57. The van der Waals surface area contributed by atoms with Gasteiger partial charge in [-0.3, -0.25) is 4.79 Å². The van der Waals surface area contributed by atoms with Gasteiger partial charge in [0, 0.05) is 0 Å². The Morgan fingerprint density at radius 2 is 2.05 bits per heavy atom. The lowest BCUT2D eigenvalue weighted by atomic mass is 10.2. The summed E-state index contributed by atoms with van der Waals surface area (Å²) >= 11 is 1.65. The molecule has 0 heterocycles. The number of carboxylic acid groups (broad SMARTS) is 1. The van der Waals surface area contributed by atoms with E-state index in [0.29, 0.717) is 17.9 Å². The summed E-state index contributed by atoms with van der Waals surface area (Å²) < 4.78 is 5.26. The summed E-state index contributed by atoms with van der Waals surface area (Å²) in [6, 6.07) is 8.06. The number of hydrogen-bond acceptors (Lipinski definition) is 4. The van der Waals surface area contributed by atoms with Gasteiger partial charge in [0.15, 0.2) is 6.61 Å². The molecule has 1 aromatic rings. The fourth-order valence-electron chi connectivity index (χ4n) is 1.50. The van der Waals surface area contributed by atoms with Gasteiger partial charge < -0.3 is 15.2 Å². The van der Waals surface area contributed by atoms with E-state index < -0.39 is 17.9 Å². The first kappa shape index (κ1) is 16.4. The Labute approximate surface area is 122 Å². The van der Waals surface area contributed by atoms with E-state index in [2.05, 4.69) is 5.32 Å². The summed E-state index contributed by atoms with van der Waals surface area (Å²) in [5, 5.41) is 11.5. The van der Waals surface area contributed by atoms with Crippen LogP contribution in [0.2, 0.25) is 0 Å². The Hall–Kier alpha value is -1.69. The van der Waals surface area contributed by atoms with Crippen LogP contribution < -0.4 is 10.1 Å². The topological polar surface area (TPSA) is 75.6 Å². The highest BCUT2D eigenvalue weighted by molar-refractivity contribution is 7.99. The number of carboxylic acids is 1. The van der Waals surface area contributed by atoms with Crippen LogP contribution in [0.3, 0.4) is 0 Å². The first-order valence-corrected chi connectivity index (χ1v) is 7.56. The third kappa shape index (κ3) is 6.47. The van der Waals surface area contributed by atoms with Gasteiger partial charge in [-0.2, -0.15) is 11.8 Å². The number of amides is 1. The first-order chi connectivity index (χ1) is 9.63. The van der Waals surface area contributed by atoms with E-state index in [4.69, 9.17) is 9.84 Å². The van der Waals surface area contributed by atoms with Gasteiger partial charge in [0.25, 0.3) is 5.91 Å². The molecular formula is C14H19NO4S. The molecule has 1 unspecified atom stereocenters. The van der Waals surface area contributed by atoms with Gasteiger partial charge in [0.1, 0.15) is 11.8 Å². The van der Waals surface area contributed by atoms with E-state index in [0.717, 1.165) is 5.75 Å². The minimum atomic E-state index is -1.02. The zero-order valence-corrected chi connectivity index (χ0v) is 12.2. The molecule has 0 saturated heterocycles. The van der Waals surface area contributed by atoms with Crippen molar-refractivity contribution in [3.63, 3.8) is 0 Å². The van der Waals surface area contributed by atoms with Gasteiger partial charge >= 0.3 is 5.97 Å². The van der Waals surface area contributed by atoms with Crippen molar-refractivity contribution >= 4 is 23.6 Å². The van der Waals surface area contributed by atoms with Crippen LogP contribution in [-0.4, -0.2) is 41.1 Å². The van der Waals surface area contributed by atoms with Gasteiger partial charge in [-0.15, -0.1) is 0 Å². The van der Waals surface area contributed by atoms with Crippen LogP contribution in [0.15, 0.2) is 30.3 Å². The van der Waals surface area contributed by atoms with E-state index in [1.165, 1.54) is 0 Å². The zero-order chi connectivity index (χ0) is 14.8. The van der Waals surface area contributed by atoms with Crippen molar-refractivity contribution in [1.82, 2.24) is 5.32 Å². The lowest BCUT2D eigenvalue weighted by Gasteiger charge is -2.14. The van der Waals surface area contributed by atoms with Crippen LogP contribution in [0.4, 0.5) is 0 Å². The smallest absolute Gasteiger partial charge is 0.326 e. The fraction of sp³-hybridized carbons (Fsp3) is 0.429. The first-order valence-electron chi connectivity index (χ1n) is 6.41. The lowest BCUT2D eigenvalue weighted by Crippen LogP contribution is -2.43. The Bertz CT molecular complexity index is 424. The van der Waals surface area contributed by atoms with E-state index >= 15 is 0 Å². The summed E-state index contributed by atoms with van der Waals surface area (Å²) in [5.41, 5.74) is 0. The van der Waals surface area contributed by atoms with Crippen molar-refractivity contribution in [3.05, 3.63) is 30.3 Å². The van der Waals surface area contributed by atoms with E-state index in [1.807, 2.05) is 13.0 Å². The number of hydrogen-bond donors (Lipinski definition) is 2. The summed E-state index contributed by atoms with van der Waals surface area (Å²) in [7, 11) is 0. The molecule has 0 spiro atoms. The van der Waals surface area contributed by atoms with Crippen molar-refractivity contribution in [2.45, 2.75) is 19.4 Å². The van der Waals surface area contributed by atoms with Crippen LogP contribution in [0.25, 0.3) is 0 Å². The molecule has 0 aromatic heterocycles. The van der Waals surface area contributed by atoms with E-state index in [-0.39, 0.29) is 6.61 Å². The van der Waals surface area contributed by atoms with Gasteiger partial charge in [-0.1, -0.05) is 25.1 Å². The van der Waals surface area contributed by atoms with Crippen LogP contribution in [0.1, 0.15) is 13.3 Å². The van der Waals surface area contributed by atoms with E-state index in [1.54, 1.807) is 36.0 Å². The second-order valence-corrected chi connectivity index (χ2v) is 5.44. The van der Waals surface area contributed by atoms with Crippen molar-refractivity contribution < 1.29 is 19.4 Å². The molecule has 20 heavy (non-hydrogen) atoms. The molecule has 110 valence electrons. The SMILES string of the molecule is CCSCCC(NC(=O)COc1ccccc1)C(=O)O. The largest absolute Gasteiger partial charge is 0.484 e. The van der Waals surface area contributed by atoms with Crippen LogP contribution in [0, 0.1) is 0 Å². The maximum absolute atomic E-state index is 11.7. The third-order valence-electron chi connectivity index (χ3n) is 2.50. The molecule has 0 saturated carbocycles. The Morgan fingerprint density at radius 3 is 2.65 bits per heavy atom. The maximum Gasteiger partial charge on any atom is 0.326 e. The summed E-state index contributed by atoms with van der Waals surface area (Å²) in [6.45, 7) is 1.82.